The maximum Gasteiger partial charge on any atom is 0.253 e. The van der Waals surface area contributed by atoms with Gasteiger partial charge in [0.15, 0.2) is 0 Å². The minimum Gasteiger partial charge on any atom is -0.352 e. The number of nitrogens with zero attached hydrogens (tertiary/aromatic N) is 3. The van der Waals surface area contributed by atoms with Gasteiger partial charge in [-0.1, -0.05) is 12.1 Å². The number of piperazine rings is 1. The molecule has 1 aliphatic carbocycles. The summed E-state index contributed by atoms with van der Waals surface area (Å²) in [5.74, 6) is -0.435. The molecule has 1 aromatic carbocycles. The molecular formula is C25H32FN5O2. The van der Waals surface area contributed by atoms with Crippen molar-refractivity contribution >= 4 is 11.8 Å². The molecular weight excluding hydrogens is 421 g/mol. The molecule has 2 heterocycles. The summed E-state index contributed by atoms with van der Waals surface area (Å²) in [7, 11) is 2.10. The molecule has 176 valence electrons. The first-order chi connectivity index (χ1) is 16.0. The fourth-order valence-electron chi connectivity index (χ4n) is 4.55. The van der Waals surface area contributed by atoms with E-state index in [0.29, 0.717) is 23.4 Å². The fourth-order valence-corrected chi connectivity index (χ4v) is 4.55. The Labute approximate surface area is 194 Å². The van der Waals surface area contributed by atoms with Crippen LogP contribution in [0, 0.1) is 5.82 Å². The molecule has 2 fully saturated rings. The summed E-state index contributed by atoms with van der Waals surface area (Å²) in [6.45, 7) is 4.25. The third kappa shape index (κ3) is 6.58. The molecule has 4 rings (SSSR count). The quantitative estimate of drug-likeness (QED) is 0.702. The fraction of sp³-hybridized carbons (Fsp3) is 0.480. The highest BCUT2D eigenvalue weighted by atomic mass is 19.1. The van der Waals surface area contributed by atoms with Crippen LogP contribution in [-0.4, -0.2) is 78.5 Å². The van der Waals surface area contributed by atoms with Crippen molar-refractivity contribution in [3.05, 3.63) is 54.0 Å². The van der Waals surface area contributed by atoms with Crippen LogP contribution in [0.4, 0.5) is 4.39 Å². The topological polar surface area (TPSA) is 77.6 Å². The lowest BCUT2D eigenvalue weighted by Crippen LogP contribution is -2.51. The SMILES string of the molecule is CN1CCN(CC(=O)N[C@@H]2CCC[C@H](NC(=O)c3ccc(-c4cccc(F)c4)nc3)C2)CC1. The molecule has 0 spiro atoms. The van der Waals surface area contributed by atoms with Crippen LogP contribution in [0.3, 0.4) is 0 Å². The Bertz CT molecular complexity index is 960. The minimum absolute atomic E-state index is 0.0167. The predicted molar refractivity (Wildman–Crippen MR) is 125 cm³/mol. The first-order valence-electron chi connectivity index (χ1n) is 11.7. The molecule has 2 aromatic rings. The van der Waals surface area contributed by atoms with Crippen molar-refractivity contribution in [2.24, 2.45) is 0 Å². The second-order valence-electron chi connectivity index (χ2n) is 9.12. The summed E-state index contributed by atoms with van der Waals surface area (Å²) in [5.41, 5.74) is 1.76. The number of benzene rings is 1. The van der Waals surface area contributed by atoms with Gasteiger partial charge in [-0.3, -0.25) is 19.5 Å². The lowest BCUT2D eigenvalue weighted by Gasteiger charge is -2.33. The molecule has 1 aliphatic heterocycles. The highest BCUT2D eigenvalue weighted by molar-refractivity contribution is 5.94. The van der Waals surface area contributed by atoms with Crippen molar-refractivity contribution in [3.8, 4) is 11.3 Å². The summed E-state index contributed by atoms with van der Waals surface area (Å²) in [6.07, 6.45) is 5.04. The van der Waals surface area contributed by atoms with Gasteiger partial charge >= 0.3 is 0 Å². The molecule has 2 aliphatic rings. The second kappa shape index (κ2) is 10.9. The molecule has 1 saturated heterocycles. The molecule has 2 N–H and O–H groups in total. The van der Waals surface area contributed by atoms with E-state index >= 15 is 0 Å². The van der Waals surface area contributed by atoms with Crippen LogP contribution in [0.1, 0.15) is 36.0 Å². The Hall–Kier alpha value is -2.84. The molecule has 0 bridgehead atoms. The van der Waals surface area contributed by atoms with E-state index in [4.69, 9.17) is 0 Å². The third-order valence-corrected chi connectivity index (χ3v) is 6.48. The summed E-state index contributed by atoms with van der Waals surface area (Å²) < 4.78 is 13.4. The summed E-state index contributed by atoms with van der Waals surface area (Å²) in [4.78, 5) is 34.0. The molecule has 8 heteroatoms. The number of aromatic nitrogens is 1. The number of halogens is 1. The first kappa shape index (κ1) is 23.3. The zero-order valence-electron chi connectivity index (χ0n) is 19.1. The zero-order chi connectivity index (χ0) is 23.2. The van der Waals surface area contributed by atoms with E-state index in [1.807, 2.05) is 0 Å². The van der Waals surface area contributed by atoms with Crippen LogP contribution in [0.15, 0.2) is 42.6 Å². The number of nitrogens with one attached hydrogen (secondary N) is 2. The van der Waals surface area contributed by atoms with Gasteiger partial charge in [-0.2, -0.15) is 0 Å². The van der Waals surface area contributed by atoms with Crippen LogP contribution < -0.4 is 10.6 Å². The number of pyridine rings is 1. The Kier molecular flexibility index (Phi) is 7.67. The molecule has 1 aromatic heterocycles. The van der Waals surface area contributed by atoms with Gasteiger partial charge in [-0.25, -0.2) is 4.39 Å². The average Bonchev–Trinajstić information content (AvgIpc) is 2.81. The van der Waals surface area contributed by atoms with E-state index < -0.39 is 0 Å². The van der Waals surface area contributed by atoms with Gasteiger partial charge < -0.3 is 15.5 Å². The molecule has 1 saturated carbocycles. The van der Waals surface area contributed by atoms with E-state index in [9.17, 15) is 14.0 Å². The van der Waals surface area contributed by atoms with Crippen LogP contribution in [0.5, 0.6) is 0 Å². The Morgan fingerprint density at radius 2 is 1.82 bits per heavy atom. The molecule has 2 atom stereocenters. The number of carbonyl (C=O) groups is 2. The highest BCUT2D eigenvalue weighted by Crippen LogP contribution is 2.20. The normalized spacial score (nSPS) is 22.0. The predicted octanol–water partition coefficient (Wildman–Crippen LogP) is 2.29. The summed E-state index contributed by atoms with van der Waals surface area (Å²) in [5, 5.41) is 6.25. The third-order valence-electron chi connectivity index (χ3n) is 6.48. The standard InChI is InChI=1S/C25H32FN5O2/c1-30-10-12-31(13-11-30)17-24(32)28-21-6-3-7-22(15-21)29-25(33)19-8-9-23(27-16-19)18-4-2-5-20(26)14-18/h2,4-5,8-9,14,16,21-22H,3,6-7,10-13,15,17H2,1H3,(H,28,32)(H,29,33)/t21-,22+/m1/s1. The van der Waals surface area contributed by atoms with Crippen molar-refractivity contribution < 1.29 is 14.0 Å². The van der Waals surface area contributed by atoms with E-state index in [2.05, 4.69) is 32.5 Å². The number of hydrogen-bond acceptors (Lipinski definition) is 5. The zero-order valence-corrected chi connectivity index (χ0v) is 19.1. The number of amides is 2. The molecule has 2 amide bonds. The van der Waals surface area contributed by atoms with E-state index in [-0.39, 0.29) is 29.7 Å². The van der Waals surface area contributed by atoms with Crippen molar-refractivity contribution in [1.29, 1.82) is 0 Å². The van der Waals surface area contributed by atoms with Gasteiger partial charge in [0.05, 0.1) is 17.8 Å². The maximum atomic E-state index is 13.4. The van der Waals surface area contributed by atoms with Crippen LogP contribution >= 0.6 is 0 Å². The van der Waals surface area contributed by atoms with Crippen LogP contribution in [0.2, 0.25) is 0 Å². The van der Waals surface area contributed by atoms with E-state index in [0.717, 1.165) is 51.9 Å². The van der Waals surface area contributed by atoms with Gasteiger partial charge in [0.25, 0.3) is 5.91 Å². The monoisotopic (exact) mass is 453 g/mol. The van der Waals surface area contributed by atoms with Crippen LogP contribution in [0.25, 0.3) is 11.3 Å². The summed E-state index contributed by atoms with van der Waals surface area (Å²) >= 11 is 0. The summed E-state index contributed by atoms with van der Waals surface area (Å²) in [6, 6.07) is 9.76. The Balaban J connectivity index is 1.26. The van der Waals surface area contributed by atoms with Crippen molar-refractivity contribution in [2.45, 2.75) is 37.8 Å². The van der Waals surface area contributed by atoms with Gasteiger partial charge in [0, 0.05) is 50.0 Å². The Morgan fingerprint density at radius 3 is 2.52 bits per heavy atom. The molecule has 0 unspecified atom stereocenters. The molecule has 0 radical (unpaired) electrons. The van der Waals surface area contributed by atoms with Crippen molar-refractivity contribution in [1.82, 2.24) is 25.4 Å². The lowest BCUT2D eigenvalue weighted by molar-refractivity contribution is -0.123. The second-order valence-corrected chi connectivity index (χ2v) is 9.12. The highest BCUT2D eigenvalue weighted by Gasteiger charge is 2.26. The van der Waals surface area contributed by atoms with Gasteiger partial charge in [0.2, 0.25) is 5.91 Å². The smallest absolute Gasteiger partial charge is 0.253 e. The van der Waals surface area contributed by atoms with E-state index in [1.165, 1.54) is 18.3 Å². The maximum absolute atomic E-state index is 13.4. The largest absolute Gasteiger partial charge is 0.352 e. The van der Waals surface area contributed by atoms with Gasteiger partial charge in [-0.15, -0.1) is 0 Å². The van der Waals surface area contributed by atoms with Gasteiger partial charge in [-0.05, 0) is 57.0 Å². The lowest BCUT2D eigenvalue weighted by atomic mass is 9.90. The average molecular weight is 454 g/mol. The molecule has 33 heavy (non-hydrogen) atoms. The number of rotatable bonds is 6. The first-order valence-corrected chi connectivity index (χ1v) is 11.7. The minimum atomic E-state index is -0.321. The van der Waals surface area contributed by atoms with Gasteiger partial charge in [0.1, 0.15) is 5.82 Å². The number of likely N-dealkylation sites (N-methyl/N-ethyl adjacent to an activating group) is 1. The van der Waals surface area contributed by atoms with Crippen LogP contribution in [-0.2, 0) is 4.79 Å². The van der Waals surface area contributed by atoms with Crippen molar-refractivity contribution in [2.75, 3.05) is 39.8 Å². The van der Waals surface area contributed by atoms with Crippen molar-refractivity contribution in [3.63, 3.8) is 0 Å². The number of hydrogen-bond donors (Lipinski definition) is 2. The molecule has 7 nitrogen and oxygen atoms in total. The Morgan fingerprint density at radius 1 is 1.06 bits per heavy atom. The van der Waals surface area contributed by atoms with E-state index in [1.54, 1.807) is 24.3 Å². The number of carbonyl (C=O) groups excluding carboxylic acids is 2.